The number of H-pyrrole nitrogens is 1. The number of imidazole rings is 1. The molecule has 0 saturated carbocycles. The molecule has 3 aromatic rings. The lowest BCUT2D eigenvalue weighted by Gasteiger charge is -2.11. The van der Waals surface area contributed by atoms with Crippen LogP contribution in [-0.4, -0.2) is 30.1 Å². The van der Waals surface area contributed by atoms with Gasteiger partial charge in [-0.3, -0.25) is 4.79 Å². The van der Waals surface area contributed by atoms with E-state index in [4.69, 9.17) is 9.47 Å². The van der Waals surface area contributed by atoms with Crippen molar-refractivity contribution in [2.45, 2.75) is 6.92 Å². The summed E-state index contributed by atoms with van der Waals surface area (Å²) in [7, 11) is 3.19. The maximum Gasteiger partial charge on any atom is 0.248 e. The molecule has 1 amide bonds. The Morgan fingerprint density at radius 1 is 1.16 bits per heavy atom. The highest BCUT2D eigenvalue weighted by atomic mass is 16.5. The van der Waals surface area contributed by atoms with Crippen LogP contribution in [0.2, 0.25) is 0 Å². The quantitative estimate of drug-likeness (QED) is 0.697. The zero-order valence-electron chi connectivity index (χ0n) is 14.3. The Labute approximate surface area is 145 Å². The first-order valence-corrected chi connectivity index (χ1v) is 7.75. The Kier molecular flexibility index (Phi) is 4.70. The third-order valence-corrected chi connectivity index (χ3v) is 3.87. The number of benzene rings is 2. The number of carbonyl (C=O) groups is 1. The van der Waals surface area contributed by atoms with Crippen LogP contribution in [0.5, 0.6) is 11.5 Å². The Hall–Kier alpha value is -3.28. The van der Waals surface area contributed by atoms with Crippen molar-refractivity contribution in [1.29, 1.82) is 0 Å². The number of allylic oxidation sites excluding steroid dienone is 1. The first-order valence-electron chi connectivity index (χ1n) is 7.75. The van der Waals surface area contributed by atoms with Crippen LogP contribution in [0.15, 0.2) is 48.8 Å². The third-order valence-electron chi connectivity index (χ3n) is 3.87. The number of aromatic nitrogens is 2. The number of carbonyl (C=O) groups excluding carboxylic acids is 1. The molecule has 0 aliphatic rings. The number of aromatic amines is 1. The van der Waals surface area contributed by atoms with E-state index < -0.39 is 0 Å². The van der Waals surface area contributed by atoms with E-state index in [1.165, 1.54) is 0 Å². The highest BCUT2D eigenvalue weighted by molar-refractivity contribution is 6.04. The van der Waals surface area contributed by atoms with Crippen molar-refractivity contribution in [1.82, 2.24) is 9.97 Å². The molecule has 6 heteroatoms. The minimum absolute atomic E-state index is 0.214. The van der Waals surface area contributed by atoms with Crippen molar-refractivity contribution in [2.75, 3.05) is 19.5 Å². The van der Waals surface area contributed by atoms with Gasteiger partial charge in [0.2, 0.25) is 5.91 Å². The van der Waals surface area contributed by atoms with Gasteiger partial charge in [-0.1, -0.05) is 0 Å². The first-order chi connectivity index (χ1) is 12.1. The van der Waals surface area contributed by atoms with Crippen molar-refractivity contribution < 1.29 is 14.3 Å². The predicted octanol–water partition coefficient (Wildman–Crippen LogP) is 3.62. The van der Waals surface area contributed by atoms with E-state index in [2.05, 4.69) is 15.3 Å². The summed E-state index contributed by atoms with van der Waals surface area (Å²) in [4.78, 5) is 19.5. The number of amides is 1. The predicted molar refractivity (Wildman–Crippen MR) is 97.9 cm³/mol. The Bertz CT molecular complexity index is 944. The topological polar surface area (TPSA) is 76.2 Å². The standard InChI is InChI=1S/C19H19N3O3/c1-12(15-6-5-14(24-2)10-18(15)25-3)8-19(23)22-13-4-7-16-17(9-13)21-11-20-16/h4-11H,1-3H3,(H,20,21)(H,22,23)/b12-8+. The second-order valence-electron chi connectivity index (χ2n) is 5.52. The van der Waals surface area contributed by atoms with E-state index in [1.807, 2.05) is 37.3 Å². The summed E-state index contributed by atoms with van der Waals surface area (Å²) in [5.41, 5.74) is 4.05. The number of fused-ring (bicyclic) bond motifs is 1. The van der Waals surface area contributed by atoms with E-state index in [1.54, 1.807) is 32.7 Å². The molecule has 6 nitrogen and oxygen atoms in total. The maximum absolute atomic E-state index is 12.3. The SMILES string of the molecule is COc1ccc(/C(C)=C/C(=O)Nc2ccc3nc[nH]c3c2)c(OC)c1. The molecular weight excluding hydrogens is 318 g/mol. The van der Waals surface area contributed by atoms with Gasteiger partial charge in [-0.15, -0.1) is 0 Å². The molecule has 2 N–H and O–H groups in total. The fourth-order valence-electron chi connectivity index (χ4n) is 2.59. The number of ether oxygens (including phenoxy) is 2. The van der Waals surface area contributed by atoms with Crippen molar-refractivity contribution in [3.8, 4) is 11.5 Å². The maximum atomic E-state index is 12.3. The number of methoxy groups -OCH3 is 2. The zero-order chi connectivity index (χ0) is 17.8. The number of nitrogens with zero attached hydrogens (tertiary/aromatic N) is 1. The van der Waals surface area contributed by atoms with E-state index in [9.17, 15) is 4.79 Å². The lowest BCUT2D eigenvalue weighted by molar-refractivity contribution is -0.111. The molecule has 0 fully saturated rings. The fourth-order valence-corrected chi connectivity index (χ4v) is 2.59. The summed E-state index contributed by atoms with van der Waals surface area (Å²) < 4.78 is 10.6. The summed E-state index contributed by atoms with van der Waals surface area (Å²) in [6.07, 6.45) is 3.16. The molecular formula is C19H19N3O3. The number of hydrogen-bond acceptors (Lipinski definition) is 4. The van der Waals surface area contributed by atoms with Gasteiger partial charge in [0.15, 0.2) is 0 Å². The van der Waals surface area contributed by atoms with Crippen LogP contribution >= 0.6 is 0 Å². The van der Waals surface area contributed by atoms with Gasteiger partial charge in [-0.25, -0.2) is 4.98 Å². The van der Waals surface area contributed by atoms with E-state index in [0.29, 0.717) is 17.2 Å². The molecule has 1 heterocycles. The highest BCUT2D eigenvalue weighted by Crippen LogP contribution is 2.30. The van der Waals surface area contributed by atoms with Gasteiger partial charge in [0.1, 0.15) is 11.5 Å². The van der Waals surface area contributed by atoms with Crippen LogP contribution in [0, 0.1) is 0 Å². The summed E-state index contributed by atoms with van der Waals surface area (Å²) in [5.74, 6) is 1.14. The van der Waals surface area contributed by atoms with Gasteiger partial charge in [0.05, 0.1) is 31.6 Å². The summed E-state index contributed by atoms with van der Waals surface area (Å²) in [6, 6.07) is 11.0. The van der Waals surface area contributed by atoms with Crippen molar-refractivity contribution >= 4 is 28.2 Å². The van der Waals surface area contributed by atoms with Crippen LogP contribution in [0.1, 0.15) is 12.5 Å². The van der Waals surface area contributed by atoms with E-state index in [0.717, 1.165) is 22.2 Å². The van der Waals surface area contributed by atoms with E-state index in [-0.39, 0.29) is 5.91 Å². The average molecular weight is 337 g/mol. The monoisotopic (exact) mass is 337 g/mol. The van der Waals surface area contributed by atoms with Gasteiger partial charge in [-0.05, 0) is 42.8 Å². The van der Waals surface area contributed by atoms with E-state index >= 15 is 0 Å². The molecule has 0 unspecified atom stereocenters. The molecule has 0 radical (unpaired) electrons. The van der Waals surface area contributed by atoms with Crippen molar-refractivity contribution in [2.24, 2.45) is 0 Å². The van der Waals surface area contributed by atoms with Crippen LogP contribution in [0.25, 0.3) is 16.6 Å². The molecule has 0 bridgehead atoms. The van der Waals surface area contributed by atoms with Crippen molar-refractivity contribution in [3.05, 3.63) is 54.4 Å². The molecule has 0 aliphatic heterocycles. The molecule has 0 aliphatic carbocycles. The lowest BCUT2D eigenvalue weighted by Crippen LogP contribution is -2.08. The summed E-state index contributed by atoms with van der Waals surface area (Å²) >= 11 is 0. The number of rotatable bonds is 5. The largest absolute Gasteiger partial charge is 0.497 e. The molecule has 0 saturated heterocycles. The molecule has 128 valence electrons. The number of hydrogen-bond donors (Lipinski definition) is 2. The van der Waals surface area contributed by atoms with Crippen LogP contribution in [0.3, 0.4) is 0 Å². The minimum atomic E-state index is -0.214. The Morgan fingerprint density at radius 3 is 2.76 bits per heavy atom. The molecule has 0 spiro atoms. The normalized spacial score (nSPS) is 11.4. The van der Waals surface area contributed by atoms with Gasteiger partial charge < -0.3 is 19.8 Å². The summed E-state index contributed by atoms with van der Waals surface area (Å²) in [5, 5.41) is 2.86. The third kappa shape index (κ3) is 3.63. The van der Waals surface area contributed by atoms with Crippen LogP contribution < -0.4 is 14.8 Å². The van der Waals surface area contributed by atoms with Crippen LogP contribution in [0.4, 0.5) is 5.69 Å². The molecule has 3 rings (SSSR count). The smallest absolute Gasteiger partial charge is 0.248 e. The Balaban J connectivity index is 1.80. The first kappa shape index (κ1) is 16.6. The highest BCUT2D eigenvalue weighted by Gasteiger charge is 2.09. The minimum Gasteiger partial charge on any atom is -0.497 e. The molecule has 1 aromatic heterocycles. The van der Waals surface area contributed by atoms with Crippen LogP contribution in [-0.2, 0) is 4.79 Å². The summed E-state index contributed by atoms with van der Waals surface area (Å²) in [6.45, 7) is 1.86. The van der Waals surface area contributed by atoms with Gasteiger partial charge >= 0.3 is 0 Å². The lowest BCUT2D eigenvalue weighted by atomic mass is 10.1. The second kappa shape index (κ2) is 7.09. The number of nitrogens with one attached hydrogen (secondary N) is 2. The van der Waals surface area contributed by atoms with Crippen molar-refractivity contribution in [3.63, 3.8) is 0 Å². The zero-order valence-corrected chi connectivity index (χ0v) is 14.3. The molecule has 25 heavy (non-hydrogen) atoms. The Morgan fingerprint density at radius 2 is 2.00 bits per heavy atom. The van der Waals surface area contributed by atoms with Gasteiger partial charge in [-0.2, -0.15) is 0 Å². The van der Waals surface area contributed by atoms with Gasteiger partial charge in [0, 0.05) is 23.4 Å². The molecule has 0 atom stereocenters. The second-order valence-corrected chi connectivity index (χ2v) is 5.52. The number of anilines is 1. The fraction of sp³-hybridized carbons (Fsp3) is 0.158. The average Bonchev–Trinajstić information content (AvgIpc) is 3.08. The molecule has 2 aromatic carbocycles. The van der Waals surface area contributed by atoms with Gasteiger partial charge in [0.25, 0.3) is 0 Å².